The number of carbonyl (C=O) groups is 2. The summed E-state index contributed by atoms with van der Waals surface area (Å²) in [6, 6.07) is 25.7. The number of nitrogens with one attached hydrogen (secondary N) is 1. The topological polar surface area (TPSA) is 49.4 Å². The molecule has 0 aliphatic rings. The number of hydrogen-bond acceptors (Lipinski definition) is 3. The molecule has 4 nitrogen and oxygen atoms in total. The lowest BCUT2D eigenvalue weighted by Crippen LogP contribution is -2.52. The maximum absolute atomic E-state index is 13.7. The molecule has 5 heteroatoms. The largest absolute Gasteiger partial charge is 0.352 e. The molecule has 3 rings (SSSR count). The van der Waals surface area contributed by atoms with Crippen molar-refractivity contribution in [1.82, 2.24) is 10.2 Å². The summed E-state index contributed by atoms with van der Waals surface area (Å²) >= 11 is 1.59. The molecule has 0 unspecified atom stereocenters. The van der Waals surface area contributed by atoms with Crippen molar-refractivity contribution in [2.24, 2.45) is 0 Å². The van der Waals surface area contributed by atoms with Crippen molar-refractivity contribution >= 4 is 23.6 Å². The molecule has 0 fully saturated rings. The van der Waals surface area contributed by atoms with Gasteiger partial charge < -0.3 is 10.2 Å². The Labute approximate surface area is 214 Å². The van der Waals surface area contributed by atoms with Gasteiger partial charge in [0.1, 0.15) is 6.04 Å². The molecule has 2 amide bonds. The van der Waals surface area contributed by atoms with Crippen molar-refractivity contribution < 1.29 is 9.59 Å². The zero-order valence-corrected chi connectivity index (χ0v) is 22.0. The fraction of sp³-hybridized carbons (Fsp3) is 0.333. The van der Waals surface area contributed by atoms with Gasteiger partial charge in [0.15, 0.2) is 0 Å². The minimum absolute atomic E-state index is 0.00752. The van der Waals surface area contributed by atoms with Crippen LogP contribution in [0.15, 0.2) is 78.9 Å². The first-order valence-electron chi connectivity index (χ1n) is 12.1. The molecule has 3 aromatic carbocycles. The van der Waals surface area contributed by atoms with Crippen LogP contribution in [0.4, 0.5) is 0 Å². The normalized spacial score (nSPS) is 11.8. The van der Waals surface area contributed by atoms with Gasteiger partial charge in [-0.15, -0.1) is 11.8 Å². The van der Waals surface area contributed by atoms with Crippen molar-refractivity contribution in [3.05, 3.63) is 107 Å². The van der Waals surface area contributed by atoms with Crippen molar-refractivity contribution in [2.75, 3.05) is 5.75 Å². The van der Waals surface area contributed by atoms with E-state index in [0.717, 1.165) is 22.4 Å². The summed E-state index contributed by atoms with van der Waals surface area (Å²) in [5.74, 6) is 0.938. The maximum Gasteiger partial charge on any atom is 0.243 e. The summed E-state index contributed by atoms with van der Waals surface area (Å²) in [5, 5.41) is 3.05. The lowest BCUT2D eigenvalue weighted by Gasteiger charge is -2.32. The van der Waals surface area contributed by atoms with E-state index in [1.54, 1.807) is 16.7 Å². The molecule has 3 aromatic rings. The average Bonchev–Trinajstić information content (AvgIpc) is 2.82. The fourth-order valence-electron chi connectivity index (χ4n) is 4.05. The Balaban J connectivity index is 1.85. The molecule has 184 valence electrons. The number of benzene rings is 3. The Morgan fingerprint density at radius 3 is 2.26 bits per heavy atom. The molecule has 0 saturated carbocycles. The van der Waals surface area contributed by atoms with Gasteiger partial charge in [-0.25, -0.2) is 0 Å². The zero-order valence-electron chi connectivity index (χ0n) is 21.2. The van der Waals surface area contributed by atoms with E-state index in [-0.39, 0.29) is 17.9 Å². The summed E-state index contributed by atoms with van der Waals surface area (Å²) in [5.41, 5.74) is 5.61. The van der Waals surface area contributed by atoms with E-state index < -0.39 is 6.04 Å². The first kappa shape index (κ1) is 26.6. The third-order valence-electron chi connectivity index (χ3n) is 5.88. The molecule has 1 atom stereocenters. The third kappa shape index (κ3) is 8.29. The highest BCUT2D eigenvalue weighted by Crippen LogP contribution is 2.20. The maximum atomic E-state index is 13.7. The van der Waals surface area contributed by atoms with E-state index in [9.17, 15) is 9.59 Å². The van der Waals surface area contributed by atoms with Crippen LogP contribution in [0.1, 0.15) is 41.7 Å². The lowest BCUT2D eigenvalue weighted by atomic mass is 10.0. The second kappa shape index (κ2) is 13.1. The number of amides is 2. The van der Waals surface area contributed by atoms with Gasteiger partial charge >= 0.3 is 0 Å². The van der Waals surface area contributed by atoms with E-state index in [0.29, 0.717) is 18.7 Å². The molecule has 0 spiro atoms. The van der Waals surface area contributed by atoms with Crippen LogP contribution in [-0.2, 0) is 28.3 Å². The van der Waals surface area contributed by atoms with Gasteiger partial charge in [-0.3, -0.25) is 9.59 Å². The Hall–Kier alpha value is -3.05. The quantitative estimate of drug-likeness (QED) is 0.377. The summed E-state index contributed by atoms with van der Waals surface area (Å²) in [6.45, 7) is 8.42. The molecule has 0 aliphatic heterocycles. The van der Waals surface area contributed by atoms with E-state index in [1.807, 2.05) is 81.4 Å². The first-order valence-corrected chi connectivity index (χ1v) is 13.3. The SMILES string of the molecule is Cc1cccc(CSCC(=O)N(Cc2ccccc2C)[C@@H](Cc2ccccc2)C(=O)NC(C)C)c1. The van der Waals surface area contributed by atoms with Gasteiger partial charge in [0.2, 0.25) is 11.8 Å². The minimum atomic E-state index is -0.591. The van der Waals surface area contributed by atoms with Crippen LogP contribution in [0.25, 0.3) is 0 Å². The van der Waals surface area contributed by atoms with E-state index >= 15 is 0 Å². The minimum Gasteiger partial charge on any atom is -0.352 e. The van der Waals surface area contributed by atoms with Crippen molar-refractivity contribution in [3.63, 3.8) is 0 Å². The van der Waals surface area contributed by atoms with Crippen LogP contribution in [0.3, 0.4) is 0 Å². The van der Waals surface area contributed by atoms with Gasteiger partial charge in [-0.2, -0.15) is 0 Å². The standard InChI is InChI=1S/C30H36N2O2S/c1-22(2)31-30(34)28(18-25-13-6-5-7-14-25)32(19-27-16-9-8-12-24(27)4)29(33)21-35-20-26-15-10-11-23(3)17-26/h5-17,22,28H,18-21H2,1-4H3,(H,31,34)/t28-/m0/s1. The van der Waals surface area contributed by atoms with E-state index in [2.05, 4.69) is 30.4 Å². The number of hydrogen-bond donors (Lipinski definition) is 1. The summed E-state index contributed by atoms with van der Waals surface area (Å²) in [6.07, 6.45) is 0.472. The average molecular weight is 489 g/mol. The summed E-state index contributed by atoms with van der Waals surface area (Å²) in [4.78, 5) is 28.8. The second-order valence-electron chi connectivity index (χ2n) is 9.30. The van der Waals surface area contributed by atoms with E-state index in [1.165, 1.54) is 11.1 Å². The van der Waals surface area contributed by atoms with Crippen LogP contribution >= 0.6 is 11.8 Å². The zero-order chi connectivity index (χ0) is 25.2. The van der Waals surface area contributed by atoms with Crippen molar-refractivity contribution in [1.29, 1.82) is 0 Å². The van der Waals surface area contributed by atoms with E-state index in [4.69, 9.17) is 0 Å². The van der Waals surface area contributed by atoms with Gasteiger partial charge in [0.25, 0.3) is 0 Å². The Morgan fingerprint density at radius 1 is 0.886 bits per heavy atom. The molecule has 0 aliphatic carbocycles. The predicted molar refractivity (Wildman–Crippen MR) is 146 cm³/mol. The summed E-state index contributed by atoms with van der Waals surface area (Å²) in [7, 11) is 0. The molecule has 0 bridgehead atoms. The van der Waals surface area contributed by atoms with Crippen LogP contribution < -0.4 is 5.32 Å². The number of aryl methyl sites for hydroxylation is 2. The van der Waals surface area contributed by atoms with Gasteiger partial charge in [-0.1, -0.05) is 84.4 Å². The van der Waals surface area contributed by atoms with Crippen molar-refractivity contribution in [3.8, 4) is 0 Å². The first-order chi connectivity index (χ1) is 16.8. The molecule has 0 saturated heterocycles. The highest BCUT2D eigenvalue weighted by atomic mass is 32.2. The molecule has 0 radical (unpaired) electrons. The Kier molecular flexibility index (Phi) is 9.98. The Bertz CT molecular complexity index is 1110. The molecule has 1 N–H and O–H groups in total. The monoisotopic (exact) mass is 488 g/mol. The van der Waals surface area contributed by atoms with Crippen LogP contribution in [0.2, 0.25) is 0 Å². The second-order valence-corrected chi connectivity index (χ2v) is 10.3. The molecule has 0 aromatic heterocycles. The number of rotatable bonds is 11. The number of thioether (sulfide) groups is 1. The fourth-order valence-corrected chi connectivity index (χ4v) is 4.90. The smallest absolute Gasteiger partial charge is 0.243 e. The molecule has 0 heterocycles. The van der Waals surface area contributed by atoms with Gasteiger partial charge in [0.05, 0.1) is 5.75 Å². The Morgan fingerprint density at radius 2 is 1.57 bits per heavy atom. The van der Waals surface area contributed by atoms with Crippen LogP contribution in [0, 0.1) is 13.8 Å². The van der Waals surface area contributed by atoms with Crippen LogP contribution in [-0.4, -0.2) is 34.6 Å². The van der Waals surface area contributed by atoms with Gasteiger partial charge in [0, 0.05) is 24.8 Å². The highest BCUT2D eigenvalue weighted by molar-refractivity contribution is 7.99. The molecular formula is C30H36N2O2S. The lowest BCUT2D eigenvalue weighted by molar-refractivity contribution is -0.139. The predicted octanol–water partition coefficient (Wildman–Crippen LogP) is 5.70. The number of carbonyl (C=O) groups excluding carboxylic acids is 2. The number of nitrogens with zero attached hydrogens (tertiary/aromatic N) is 1. The summed E-state index contributed by atoms with van der Waals surface area (Å²) < 4.78 is 0. The van der Waals surface area contributed by atoms with Crippen LogP contribution in [0.5, 0.6) is 0 Å². The third-order valence-corrected chi connectivity index (χ3v) is 6.87. The molecule has 35 heavy (non-hydrogen) atoms. The highest BCUT2D eigenvalue weighted by Gasteiger charge is 2.30. The van der Waals surface area contributed by atoms with Gasteiger partial charge in [-0.05, 0) is 49.9 Å². The molecular weight excluding hydrogens is 452 g/mol. The van der Waals surface area contributed by atoms with Crippen molar-refractivity contribution in [2.45, 2.75) is 58.5 Å².